The highest BCUT2D eigenvalue weighted by Crippen LogP contribution is 2.33. The number of phenols is 1. The number of para-hydroxylation sites is 1. The van der Waals surface area contributed by atoms with Gasteiger partial charge in [0.25, 0.3) is 5.91 Å². The number of esters is 2. The fourth-order valence-electron chi connectivity index (χ4n) is 8.73. The van der Waals surface area contributed by atoms with Crippen LogP contribution < -0.4 is 5.32 Å². The number of fused-ring (bicyclic) bond motifs is 1. The van der Waals surface area contributed by atoms with Crippen LogP contribution in [-0.2, 0) is 41.4 Å². The summed E-state index contributed by atoms with van der Waals surface area (Å²) in [6, 6.07) is 11.4. The predicted molar refractivity (Wildman–Crippen MR) is 212 cm³/mol. The van der Waals surface area contributed by atoms with Crippen molar-refractivity contribution in [2.24, 2.45) is 11.8 Å². The van der Waals surface area contributed by atoms with Crippen molar-refractivity contribution in [2.75, 3.05) is 64.5 Å². The van der Waals surface area contributed by atoms with Gasteiger partial charge in [-0.1, -0.05) is 36.9 Å². The van der Waals surface area contributed by atoms with E-state index in [1.165, 1.54) is 6.92 Å². The third-order valence-corrected chi connectivity index (χ3v) is 12.1. The number of nitrogens with zero attached hydrogens (tertiary/aromatic N) is 4. The van der Waals surface area contributed by atoms with Crippen LogP contribution in [0.5, 0.6) is 5.75 Å². The average Bonchev–Trinajstić information content (AvgIpc) is 3.37. The van der Waals surface area contributed by atoms with Crippen LogP contribution in [0.3, 0.4) is 0 Å². The van der Waals surface area contributed by atoms with Crippen LogP contribution in [0.2, 0.25) is 0 Å². The molecule has 0 unspecified atom stereocenters. The molecule has 2 aromatic carbocycles. The van der Waals surface area contributed by atoms with Crippen molar-refractivity contribution < 1.29 is 43.3 Å². The number of likely N-dealkylation sites (tertiary alicyclic amines) is 3. The van der Waals surface area contributed by atoms with Gasteiger partial charge in [-0.05, 0) is 119 Å². The highest BCUT2D eigenvalue weighted by Gasteiger charge is 2.37. The molecular weight excluding hydrogens is 730 g/mol. The Kier molecular flexibility index (Phi) is 13.8. The van der Waals surface area contributed by atoms with Crippen LogP contribution in [0.15, 0.2) is 48.6 Å². The lowest BCUT2D eigenvalue weighted by Crippen LogP contribution is -2.52. The molecular formula is C43H57N5O9. The number of rotatable bonds is 11. The summed E-state index contributed by atoms with van der Waals surface area (Å²) in [6.07, 6.45) is 4.14. The topological polar surface area (TPSA) is 158 Å². The Morgan fingerprint density at radius 2 is 1.47 bits per heavy atom. The van der Waals surface area contributed by atoms with Gasteiger partial charge in [-0.25, -0.2) is 14.4 Å². The van der Waals surface area contributed by atoms with Crippen molar-refractivity contribution in [3.8, 4) is 5.75 Å². The van der Waals surface area contributed by atoms with Gasteiger partial charge in [-0.3, -0.25) is 14.5 Å². The fraction of sp³-hybridized carbons (Fsp3) is 0.558. The number of anilines is 1. The second-order valence-electron chi connectivity index (χ2n) is 16.0. The first-order valence-electron chi connectivity index (χ1n) is 20.3. The number of ether oxygens (including phenoxy) is 3. The second kappa shape index (κ2) is 18.9. The lowest BCUT2D eigenvalue weighted by atomic mass is 9.78. The molecule has 0 saturated carbocycles. The first-order valence-corrected chi connectivity index (χ1v) is 20.3. The predicted octanol–water partition coefficient (Wildman–Crippen LogP) is 5.18. The average molecular weight is 788 g/mol. The first kappa shape index (κ1) is 41.5. The number of piperidine rings is 3. The van der Waals surface area contributed by atoms with Gasteiger partial charge < -0.3 is 39.3 Å². The second-order valence-corrected chi connectivity index (χ2v) is 16.0. The molecule has 14 nitrogen and oxygen atoms in total. The van der Waals surface area contributed by atoms with E-state index in [2.05, 4.69) is 16.8 Å². The fourth-order valence-corrected chi connectivity index (χ4v) is 8.73. The summed E-state index contributed by atoms with van der Waals surface area (Å²) in [5, 5.41) is 13.4. The number of carbonyl (C=O) groups is 5. The van der Waals surface area contributed by atoms with Gasteiger partial charge in [0, 0.05) is 56.4 Å². The van der Waals surface area contributed by atoms with Gasteiger partial charge in [0.2, 0.25) is 6.79 Å². The summed E-state index contributed by atoms with van der Waals surface area (Å²) in [5.41, 5.74) is 4.37. The number of hydrogen-bond acceptors (Lipinski definition) is 10. The Bertz CT molecular complexity index is 1790. The highest BCUT2D eigenvalue weighted by atomic mass is 16.7. The van der Waals surface area contributed by atoms with Crippen LogP contribution in [0, 0.1) is 25.7 Å². The number of urea groups is 1. The van der Waals surface area contributed by atoms with Crippen molar-refractivity contribution in [3.63, 3.8) is 0 Å². The number of nitrogens with one attached hydrogen (secondary N) is 1. The number of aromatic hydroxyl groups is 1. The molecule has 4 amide bonds. The third-order valence-electron chi connectivity index (χ3n) is 12.1. The Balaban J connectivity index is 1.00. The highest BCUT2D eigenvalue weighted by molar-refractivity contribution is 5.91. The number of carbonyl (C=O) groups excluding carboxylic acids is 5. The monoisotopic (exact) mass is 787 g/mol. The van der Waals surface area contributed by atoms with Crippen LogP contribution in [0.4, 0.5) is 15.3 Å². The van der Waals surface area contributed by atoms with E-state index < -0.39 is 30.9 Å². The maximum absolute atomic E-state index is 14.2. The quantitative estimate of drug-likeness (QED) is 0.177. The molecule has 3 saturated heterocycles. The van der Waals surface area contributed by atoms with Crippen LogP contribution in [-0.4, -0.2) is 126 Å². The molecule has 6 rings (SSSR count). The number of hydrogen-bond donors (Lipinski definition) is 2. The van der Waals surface area contributed by atoms with Crippen molar-refractivity contribution in [1.82, 2.24) is 19.6 Å². The minimum Gasteiger partial charge on any atom is -0.507 e. The largest absolute Gasteiger partial charge is 0.507 e. The van der Waals surface area contributed by atoms with Crippen LogP contribution >= 0.6 is 0 Å². The standard InChI is InChI=1S/C43H57N5O9/c1-28(2)41(52)56-27-55-38(49)26-45-16-9-32(10-17-45)33-11-18-46(19-12-33)40(51)37(25-31-23-29(3)39(50)30(4)24-31)57-43(54)47-20-14-35(15-21-47)48-22-13-34-7-5-6-8-36(34)44-42(48)53/h5-8,23-24,32-33,35,37,50H,1,9-22,25-27H2,2-4H3,(H,44,53)/t37-/m1/s1. The van der Waals surface area contributed by atoms with E-state index in [4.69, 9.17) is 14.2 Å². The minimum absolute atomic E-state index is 0.0150. The smallest absolute Gasteiger partial charge is 0.410 e. The van der Waals surface area contributed by atoms with Gasteiger partial charge >= 0.3 is 24.1 Å². The maximum atomic E-state index is 14.2. The molecule has 14 heteroatoms. The summed E-state index contributed by atoms with van der Waals surface area (Å²) in [5.74, 6) is -0.145. The first-order chi connectivity index (χ1) is 27.4. The molecule has 3 fully saturated rings. The molecule has 2 aromatic rings. The van der Waals surface area contributed by atoms with Gasteiger partial charge in [0.05, 0.1) is 6.54 Å². The van der Waals surface area contributed by atoms with Crippen molar-refractivity contribution >= 4 is 35.7 Å². The van der Waals surface area contributed by atoms with E-state index in [0.29, 0.717) is 68.5 Å². The minimum atomic E-state index is -1.03. The number of aryl methyl sites for hydroxylation is 2. The molecule has 4 aliphatic rings. The molecule has 4 heterocycles. The van der Waals surface area contributed by atoms with Gasteiger partial charge in [0.15, 0.2) is 6.10 Å². The molecule has 0 radical (unpaired) electrons. The molecule has 0 aromatic heterocycles. The summed E-state index contributed by atoms with van der Waals surface area (Å²) in [6.45, 7) is 12.4. The summed E-state index contributed by atoms with van der Waals surface area (Å²) in [4.78, 5) is 72.2. The van der Waals surface area contributed by atoms with E-state index >= 15 is 0 Å². The summed E-state index contributed by atoms with van der Waals surface area (Å²) >= 11 is 0. The molecule has 308 valence electrons. The molecule has 0 aliphatic carbocycles. The normalized spacial score (nSPS) is 19.2. The Morgan fingerprint density at radius 1 is 0.860 bits per heavy atom. The van der Waals surface area contributed by atoms with Crippen LogP contribution in [0.1, 0.15) is 67.7 Å². The zero-order valence-corrected chi connectivity index (χ0v) is 33.5. The van der Waals surface area contributed by atoms with E-state index in [1.54, 1.807) is 4.90 Å². The van der Waals surface area contributed by atoms with E-state index in [9.17, 15) is 29.1 Å². The van der Waals surface area contributed by atoms with Gasteiger partial charge in [-0.15, -0.1) is 0 Å². The number of benzene rings is 2. The van der Waals surface area contributed by atoms with Crippen molar-refractivity contribution in [3.05, 3.63) is 70.8 Å². The number of amides is 4. The SMILES string of the molecule is C=C(C)C(=O)OCOC(=O)CN1CCC(C2CCN(C(=O)[C@@H](Cc3cc(C)c(O)c(C)c3)OC(=O)N3CCC(N4CCc5ccccc5NC4=O)CC3)CC2)CC1. The Morgan fingerprint density at radius 3 is 2.12 bits per heavy atom. The van der Waals surface area contributed by atoms with Crippen molar-refractivity contribution in [1.29, 1.82) is 0 Å². The molecule has 1 atom stereocenters. The molecule has 57 heavy (non-hydrogen) atoms. The zero-order chi connectivity index (χ0) is 40.6. The summed E-state index contributed by atoms with van der Waals surface area (Å²) in [7, 11) is 0. The molecule has 0 spiro atoms. The van der Waals surface area contributed by atoms with E-state index in [1.807, 2.05) is 60.0 Å². The maximum Gasteiger partial charge on any atom is 0.410 e. The Labute approximate surface area is 335 Å². The lowest BCUT2D eigenvalue weighted by Gasteiger charge is -2.41. The molecule has 2 N–H and O–H groups in total. The molecule has 0 bridgehead atoms. The van der Waals surface area contributed by atoms with E-state index in [0.717, 1.165) is 62.0 Å². The van der Waals surface area contributed by atoms with E-state index in [-0.39, 0.29) is 42.3 Å². The third kappa shape index (κ3) is 10.6. The van der Waals surface area contributed by atoms with Crippen LogP contribution in [0.25, 0.3) is 0 Å². The zero-order valence-electron chi connectivity index (χ0n) is 33.5. The number of phenolic OH excluding ortho intramolecular Hbond substituents is 1. The molecule has 4 aliphatic heterocycles. The summed E-state index contributed by atoms with van der Waals surface area (Å²) < 4.78 is 16.0. The van der Waals surface area contributed by atoms with Gasteiger partial charge in [-0.2, -0.15) is 0 Å². The Hall–Kier alpha value is -5.11. The van der Waals surface area contributed by atoms with Crippen molar-refractivity contribution in [2.45, 2.75) is 84.3 Å². The van der Waals surface area contributed by atoms with Gasteiger partial charge in [0.1, 0.15) is 5.75 Å². The lowest BCUT2D eigenvalue weighted by molar-refractivity contribution is -0.165.